The molecule has 0 aliphatic rings. The molecule has 3 nitrogen and oxygen atoms in total. The van der Waals surface area contributed by atoms with E-state index in [0.29, 0.717) is 15.8 Å². The van der Waals surface area contributed by atoms with Crippen LogP contribution in [0, 0.1) is 18.6 Å². The number of carbonyl (C=O) groups excluding carboxylic acids is 1. The molecule has 2 aromatic carbocycles. The minimum atomic E-state index is -0.916. The molecular weight excluding hydrogens is 366 g/mol. The monoisotopic (exact) mass is 374 g/mol. The molecule has 0 aliphatic heterocycles. The topological polar surface area (TPSA) is 55.1 Å². The van der Waals surface area contributed by atoms with Gasteiger partial charge in [0.05, 0.1) is 22.0 Å². The second kappa shape index (κ2) is 5.99. The lowest BCUT2D eigenvalue weighted by atomic mass is 10.1. The van der Waals surface area contributed by atoms with Crippen LogP contribution < -0.4 is 11.1 Å². The molecule has 110 valence electrons. The molecule has 21 heavy (non-hydrogen) atoms. The summed E-state index contributed by atoms with van der Waals surface area (Å²) in [6, 6.07) is 4.88. The lowest BCUT2D eigenvalue weighted by Crippen LogP contribution is -2.16. The van der Waals surface area contributed by atoms with Gasteiger partial charge in [0.25, 0.3) is 5.91 Å². The van der Waals surface area contributed by atoms with E-state index in [9.17, 15) is 13.6 Å². The fraction of sp³-hybridized carbons (Fsp3) is 0.0714. The average molecular weight is 376 g/mol. The van der Waals surface area contributed by atoms with E-state index in [0.717, 1.165) is 17.7 Å². The molecule has 0 radical (unpaired) electrons. The smallest absolute Gasteiger partial charge is 0.258 e. The number of hydrogen-bond donors (Lipinski definition) is 2. The van der Waals surface area contributed by atoms with Gasteiger partial charge in [-0.25, -0.2) is 8.78 Å². The van der Waals surface area contributed by atoms with Gasteiger partial charge in [-0.3, -0.25) is 4.79 Å². The van der Waals surface area contributed by atoms with E-state index < -0.39 is 23.1 Å². The molecule has 0 unspecified atom stereocenters. The van der Waals surface area contributed by atoms with Gasteiger partial charge in [-0.15, -0.1) is 0 Å². The molecule has 0 atom stereocenters. The molecule has 7 heteroatoms. The molecule has 2 aromatic rings. The minimum Gasteiger partial charge on any atom is -0.397 e. The Hall–Kier alpha value is -1.66. The molecule has 3 N–H and O–H groups in total. The van der Waals surface area contributed by atoms with Crippen LogP contribution in [0.15, 0.2) is 28.7 Å². The number of nitrogen functional groups attached to an aromatic ring is 1. The molecule has 1 amide bonds. The van der Waals surface area contributed by atoms with Crippen molar-refractivity contribution >= 4 is 44.8 Å². The van der Waals surface area contributed by atoms with Crippen molar-refractivity contribution in [3.05, 3.63) is 56.5 Å². The van der Waals surface area contributed by atoms with Crippen LogP contribution in [0.3, 0.4) is 0 Å². The maximum atomic E-state index is 13.7. The van der Waals surface area contributed by atoms with Crippen LogP contribution in [0.2, 0.25) is 5.02 Å². The normalized spacial score (nSPS) is 10.5. The minimum absolute atomic E-state index is 0.292. The van der Waals surface area contributed by atoms with Gasteiger partial charge in [0.1, 0.15) is 11.6 Å². The summed E-state index contributed by atoms with van der Waals surface area (Å²) in [7, 11) is 0. The summed E-state index contributed by atoms with van der Waals surface area (Å²) in [5, 5.41) is 2.06. The van der Waals surface area contributed by atoms with Crippen LogP contribution in [-0.4, -0.2) is 5.91 Å². The summed E-state index contributed by atoms with van der Waals surface area (Å²) < 4.78 is 27.6. The summed E-state index contributed by atoms with van der Waals surface area (Å²) in [4.78, 5) is 12.1. The quantitative estimate of drug-likeness (QED) is 0.599. The van der Waals surface area contributed by atoms with E-state index in [-0.39, 0.29) is 5.02 Å². The summed E-state index contributed by atoms with van der Waals surface area (Å²) in [6.45, 7) is 1.83. The highest BCUT2D eigenvalue weighted by Crippen LogP contribution is 2.31. The average Bonchev–Trinajstić information content (AvgIpc) is 2.37. The Balaban J connectivity index is 2.37. The fourth-order valence-corrected chi connectivity index (χ4v) is 2.62. The van der Waals surface area contributed by atoms with Gasteiger partial charge >= 0.3 is 0 Å². The number of nitrogens with one attached hydrogen (secondary N) is 1. The van der Waals surface area contributed by atoms with Crippen LogP contribution in [-0.2, 0) is 0 Å². The SMILES string of the molecule is Cc1cc(N)c(NC(=O)c2cc(F)c(Cl)cc2F)c(Br)c1. The van der Waals surface area contributed by atoms with E-state index in [1.54, 1.807) is 12.1 Å². The van der Waals surface area contributed by atoms with Crippen LogP contribution in [0.1, 0.15) is 15.9 Å². The van der Waals surface area contributed by atoms with Crippen molar-refractivity contribution in [3.63, 3.8) is 0 Å². The second-order valence-corrected chi connectivity index (χ2v) is 5.67. The van der Waals surface area contributed by atoms with E-state index in [1.807, 2.05) is 6.92 Å². The number of anilines is 2. The Morgan fingerprint density at radius 1 is 1.24 bits per heavy atom. The molecule has 0 saturated heterocycles. The van der Waals surface area contributed by atoms with Crippen LogP contribution in [0.4, 0.5) is 20.2 Å². The molecule has 0 aliphatic carbocycles. The summed E-state index contributed by atoms with van der Waals surface area (Å²) in [5.74, 6) is -2.61. The standard InChI is InChI=1S/C14H10BrClF2N2O/c1-6-2-8(15)13(12(19)3-6)20-14(21)7-4-11(18)9(16)5-10(7)17/h2-5H,19H2,1H3,(H,20,21). The third kappa shape index (κ3) is 3.33. The number of aryl methyl sites for hydroxylation is 1. The van der Waals surface area contributed by atoms with Gasteiger partial charge in [-0.1, -0.05) is 11.6 Å². The molecule has 0 aromatic heterocycles. The molecular formula is C14H10BrClF2N2O. The Kier molecular flexibility index (Phi) is 4.49. The number of hydrogen-bond acceptors (Lipinski definition) is 2. The van der Waals surface area contributed by atoms with Crippen molar-refractivity contribution < 1.29 is 13.6 Å². The van der Waals surface area contributed by atoms with E-state index in [2.05, 4.69) is 21.2 Å². The summed E-state index contributed by atoms with van der Waals surface area (Å²) in [6.07, 6.45) is 0. The molecule has 0 saturated carbocycles. The zero-order valence-electron chi connectivity index (χ0n) is 10.8. The lowest BCUT2D eigenvalue weighted by molar-refractivity contribution is 0.102. The van der Waals surface area contributed by atoms with Crippen molar-refractivity contribution in [1.82, 2.24) is 0 Å². The number of halogens is 4. The summed E-state index contributed by atoms with van der Waals surface area (Å²) >= 11 is 8.70. The largest absolute Gasteiger partial charge is 0.397 e. The van der Waals surface area contributed by atoms with Crippen LogP contribution in [0.5, 0.6) is 0 Å². The first-order valence-corrected chi connectivity index (χ1v) is 6.98. The number of rotatable bonds is 2. The Morgan fingerprint density at radius 2 is 1.90 bits per heavy atom. The van der Waals surface area contributed by atoms with Crippen molar-refractivity contribution in [2.24, 2.45) is 0 Å². The van der Waals surface area contributed by atoms with Gasteiger partial charge in [0.2, 0.25) is 0 Å². The number of carbonyl (C=O) groups is 1. The van der Waals surface area contributed by atoms with E-state index in [4.69, 9.17) is 17.3 Å². The number of amides is 1. The van der Waals surface area contributed by atoms with Crippen LogP contribution >= 0.6 is 27.5 Å². The first kappa shape index (κ1) is 15.7. The Labute approximate surface area is 133 Å². The first-order valence-electron chi connectivity index (χ1n) is 5.81. The lowest BCUT2D eigenvalue weighted by Gasteiger charge is -2.12. The Bertz CT molecular complexity index is 714. The third-order valence-corrected chi connectivity index (χ3v) is 3.67. The van der Waals surface area contributed by atoms with Gasteiger partial charge in [-0.2, -0.15) is 0 Å². The zero-order chi connectivity index (χ0) is 15.7. The van der Waals surface area contributed by atoms with Gasteiger partial charge < -0.3 is 11.1 Å². The molecule has 0 bridgehead atoms. The van der Waals surface area contributed by atoms with Crippen molar-refractivity contribution in [2.75, 3.05) is 11.1 Å². The first-order chi connectivity index (χ1) is 9.79. The molecule has 0 heterocycles. The predicted molar refractivity (Wildman–Crippen MR) is 82.6 cm³/mol. The highest BCUT2D eigenvalue weighted by Gasteiger charge is 2.17. The third-order valence-electron chi connectivity index (χ3n) is 2.76. The Morgan fingerprint density at radius 3 is 2.52 bits per heavy atom. The van der Waals surface area contributed by atoms with Gasteiger partial charge in [-0.05, 0) is 52.7 Å². The van der Waals surface area contributed by atoms with Crippen molar-refractivity contribution in [2.45, 2.75) is 6.92 Å². The van der Waals surface area contributed by atoms with E-state index in [1.165, 1.54) is 0 Å². The fourth-order valence-electron chi connectivity index (χ4n) is 1.78. The zero-order valence-corrected chi connectivity index (χ0v) is 13.1. The van der Waals surface area contributed by atoms with Gasteiger partial charge in [0.15, 0.2) is 0 Å². The van der Waals surface area contributed by atoms with E-state index >= 15 is 0 Å². The molecule has 0 spiro atoms. The van der Waals surface area contributed by atoms with Gasteiger partial charge in [0, 0.05) is 4.47 Å². The van der Waals surface area contributed by atoms with Crippen molar-refractivity contribution in [1.29, 1.82) is 0 Å². The second-order valence-electron chi connectivity index (χ2n) is 4.41. The predicted octanol–water partition coefficient (Wildman–Crippen LogP) is 4.52. The summed E-state index contributed by atoms with van der Waals surface area (Å²) in [5.41, 5.74) is 6.84. The van der Waals surface area contributed by atoms with Crippen molar-refractivity contribution in [3.8, 4) is 0 Å². The number of benzene rings is 2. The molecule has 2 rings (SSSR count). The number of nitrogens with two attached hydrogens (primary N) is 1. The molecule has 0 fully saturated rings. The maximum absolute atomic E-state index is 13.7. The van der Waals surface area contributed by atoms with Crippen LogP contribution in [0.25, 0.3) is 0 Å². The highest BCUT2D eigenvalue weighted by molar-refractivity contribution is 9.10. The maximum Gasteiger partial charge on any atom is 0.258 e. The highest BCUT2D eigenvalue weighted by atomic mass is 79.9.